The van der Waals surface area contributed by atoms with Crippen LogP contribution < -0.4 is 11.1 Å². The molecule has 2 atom stereocenters. The molecular weight excluding hydrogens is 236 g/mol. The highest BCUT2D eigenvalue weighted by atomic mass is 16.1. The van der Waals surface area contributed by atoms with Crippen LogP contribution in [0.4, 0.5) is 0 Å². The molecule has 0 saturated carbocycles. The van der Waals surface area contributed by atoms with Crippen LogP contribution in [0.1, 0.15) is 51.1 Å². The van der Waals surface area contributed by atoms with E-state index in [0.717, 1.165) is 18.5 Å². The van der Waals surface area contributed by atoms with E-state index in [1.54, 1.807) is 0 Å². The van der Waals surface area contributed by atoms with Gasteiger partial charge in [0.05, 0.1) is 5.92 Å². The topological polar surface area (TPSA) is 55.1 Å². The Kier molecular flexibility index (Phi) is 7.19. The Labute approximate surface area is 116 Å². The number of hydrogen-bond acceptors (Lipinski definition) is 2. The summed E-state index contributed by atoms with van der Waals surface area (Å²) in [6.45, 7) is 4.82. The molecule has 1 amide bonds. The summed E-state index contributed by atoms with van der Waals surface area (Å²) in [5.74, 6) is -0.151. The van der Waals surface area contributed by atoms with Crippen LogP contribution in [0.2, 0.25) is 0 Å². The molecule has 0 spiro atoms. The number of carbonyl (C=O) groups excluding carboxylic acids is 1. The highest BCUT2D eigenvalue weighted by Crippen LogP contribution is 2.18. The van der Waals surface area contributed by atoms with Crippen molar-refractivity contribution in [3.05, 3.63) is 35.9 Å². The minimum atomic E-state index is -0.239. The van der Waals surface area contributed by atoms with Crippen LogP contribution >= 0.6 is 0 Å². The van der Waals surface area contributed by atoms with Crippen LogP contribution in [0.5, 0.6) is 0 Å². The summed E-state index contributed by atoms with van der Waals surface area (Å²) < 4.78 is 0. The molecule has 106 valence electrons. The molecule has 0 heterocycles. The van der Waals surface area contributed by atoms with E-state index in [2.05, 4.69) is 12.2 Å². The van der Waals surface area contributed by atoms with Crippen LogP contribution in [0.25, 0.3) is 0 Å². The SMILES string of the molecule is CCCCCCNC(=O)C(C)C(N)c1ccccc1. The van der Waals surface area contributed by atoms with Crippen molar-refractivity contribution < 1.29 is 4.79 Å². The van der Waals surface area contributed by atoms with E-state index in [0.29, 0.717) is 0 Å². The largest absolute Gasteiger partial charge is 0.356 e. The number of rotatable bonds is 8. The van der Waals surface area contributed by atoms with E-state index in [9.17, 15) is 4.79 Å². The second-order valence-corrected chi connectivity index (χ2v) is 5.08. The molecule has 1 rings (SSSR count). The molecule has 19 heavy (non-hydrogen) atoms. The lowest BCUT2D eigenvalue weighted by Crippen LogP contribution is -2.36. The molecule has 1 aromatic rings. The number of unbranched alkanes of at least 4 members (excludes halogenated alkanes) is 3. The van der Waals surface area contributed by atoms with Gasteiger partial charge in [-0.25, -0.2) is 0 Å². The average Bonchev–Trinajstić information content (AvgIpc) is 2.46. The second kappa shape index (κ2) is 8.70. The first-order valence-corrected chi connectivity index (χ1v) is 7.25. The van der Waals surface area contributed by atoms with Gasteiger partial charge in [-0.2, -0.15) is 0 Å². The Balaban J connectivity index is 2.35. The molecule has 0 aliphatic heterocycles. The van der Waals surface area contributed by atoms with Crippen LogP contribution in [-0.2, 0) is 4.79 Å². The first-order valence-electron chi connectivity index (χ1n) is 7.25. The highest BCUT2D eigenvalue weighted by Gasteiger charge is 2.21. The Hall–Kier alpha value is -1.35. The van der Waals surface area contributed by atoms with Crippen molar-refractivity contribution >= 4 is 5.91 Å². The Bertz CT molecular complexity index is 364. The van der Waals surface area contributed by atoms with Crippen molar-refractivity contribution in [1.29, 1.82) is 0 Å². The van der Waals surface area contributed by atoms with Crippen LogP contribution in [0, 0.1) is 5.92 Å². The minimum absolute atomic E-state index is 0.0489. The number of nitrogens with one attached hydrogen (secondary N) is 1. The Morgan fingerprint density at radius 1 is 1.21 bits per heavy atom. The molecule has 0 aliphatic carbocycles. The molecule has 0 bridgehead atoms. The van der Waals surface area contributed by atoms with Gasteiger partial charge in [0, 0.05) is 12.6 Å². The lowest BCUT2D eigenvalue weighted by atomic mass is 9.94. The third-order valence-electron chi connectivity index (χ3n) is 3.47. The number of nitrogens with two attached hydrogens (primary N) is 1. The van der Waals surface area contributed by atoms with E-state index in [1.165, 1.54) is 19.3 Å². The third-order valence-corrected chi connectivity index (χ3v) is 3.47. The second-order valence-electron chi connectivity index (χ2n) is 5.08. The smallest absolute Gasteiger partial charge is 0.224 e. The van der Waals surface area contributed by atoms with Gasteiger partial charge in [0.2, 0.25) is 5.91 Å². The first kappa shape index (κ1) is 15.7. The monoisotopic (exact) mass is 262 g/mol. The van der Waals surface area contributed by atoms with Gasteiger partial charge in [-0.3, -0.25) is 4.79 Å². The van der Waals surface area contributed by atoms with E-state index < -0.39 is 0 Å². The maximum Gasteiger partial charge on any atom is 0.224 e. The fraction of sp³-hybridized carbons (Fsp3) is 0.562. The molecular formula is C16H26N2O. The van der Waals surface area contributed by atoms with Gasteiger partial charge in [0.15, 0.2) is 0 Å². The van der Waals surface area contributed by atoms with Crippen molar-refractivity contribution in [2.75, 3.05) is 6.54 Å². The molecule has 0 aliphatic rings. The Morgan fingerprint density at radius 2 is 1.89 bits per heavy atom. The summed E-state index contributed by atoms with van der Waals surface area (Å²) in [6.07, 6.45) is 4.67. The molecule has 0 fully saturated rings. The normalized spacial score (nSPS) is 13.8. The van der Waals surface area contributed by atoms with Crippen molar-refractivity contribution in [1.82, 2.24) is 5.32 Å². The van der Waals surface area contributed by atoms with Gasteiger partial charge in [0.25, 0.3) is 0 Å². The molecule has 1 aromatic carbocycles. The fourth-order valence-corrected chi connectivity index (χ4v) is 2.05. The highest BCUT2D eigenvalue weighted by molar-refractivity contribution is 5.79. The van der Waals surface area contributed by atoms with Crippen LogP contribution in [-0.4, -0.2) is 12.5 Å². The van der Waals surface area contributed by atoms with Gasteiger partial charge in [0.1, 0.15) is 0 Å². The lowest BCUT2D eigenvalue weighted by molar-refractivity contribution is -0.125. The van der Waals surface area contributed by atoms with E-state index >= 15 is 0 Å². The minimum Gasteiger partial charge on any atom is -0.356 e. The maximum absolute atomic E-state index is 12.0. The number of hydrogen-bond donors (Lipinski definition) is 2. The molecule has 3 heteroatoms. The van der Waals surface area contributed by atoms with E-state index in [4.69, 9.17) is 5.73 Å². The summed E-state index contributed by atoms with van der Waals surface area (Å²) in [5, 5.41) is 2.97. The first-order chi connectivity index (χ1) is 9.16. The fourth-order valence-electron chi connectivity index (χ4n) is 2.05. The molecule has 2 unspecified atom stereocenters. The predicted molar refractivity (Wildman–Crippen MR) is 79.7 cm³/mol. The predicted octanol–water partition coefficient (Wildman–Crippen LogP) is 3.02. The van der Waals surface area contributed by atoms with Gasteiger partial charge in [-0.15, -0.1) is 0 Å². The van der Waals surface area contributed by atoms with Crippen LogP contribution in [0.3, 0.4) is 0 Å². The molecule has 0 aromatic heterocycles. The van der Waals surface area contributed by atoms with Crippen molar-refractivity contribution in [2.24, 2.45) is 11.7 Å². The third kappa shape index (κ3) is 5.43. The van der Waals surface area contributed by atoms with E-state index in [-0.39, 0.29) is 17.9 Å². The lowest BCUT2D eigenvalue weighted by Gasteiger charge is -2.19. The van der Waals surface area contributed by atoms with Gasteiger partial charge < -0.3 is 11.1 Å². The number of benzene rings is 1. The standard InChI is InChI=1S/C16H26N2O/c1-3-4-5-9-12-18-16(19)13(2)15(17)14-10-7-6-8-11-14/h6-8,10-11,13,15H,3-5,9,12,17H2,1-2H3,(H,18,19). The Morgan fingerprint density at radius 3 is 2.53 bits per heavy atom. The summed E-state index contributed by atoms with van der Waals surface area (Å²) in [6, 6.07) is 9.55. The molecule has 0 saturated heterocycles. The summed E-state index contributed by atoms with van der Waals surface area (Å²) >= 11 is 0. The molecule has 3 nitrogen and oxygen atoms in total. The van der Waals surface area contributed by atoms with Gasteiger partial charge in [-0.05, 0) is 12.0 Å². The maximum atomic E-state index is 12.0. The zero-order chi connectivity index (χ0) is 14.1. The van der Waals surface area contributed by atoms with Gasteiger partial charge >= 0.3 is 0 Å². The summed E-state index contributed by atoms with van der Waals surface area (Å²) in [5.41, 5.74) is 7.14. The quantitative estimate of drug-likeness (QED) is 0.708. The molecule has 0 radical (unpaired) electrons. The van der Waals surface area contributed by atoms with Gasteiger partial charge in [-0.1, -0.05) is 63.4 Å². The molecule has 3 N–H and O–H groups in total. The zero-order valence-corrected chi connectivity index (χ0v) is 12.1. The summed E-state index contributed by atoms with van der Waals surface area (Å²) in [7, 11) is 0. The van der Waals surface area contributed by atoms with Crippen molar-refractivity contribution in [3.8, 4) is 0 Å². The van der Waals surface area contributed by atoms with Crippen LogP contribution in [0.15, 0.2) is 30.3 Å². The average molecular weight is 262 g/mol. The van der Waals surface area contributed by atoms with Crippen molar-refractivity contribution in [2.45, 2.75) is 45.6 Å². The summed E-state index contributed by atoms with van der Waals surface area (Å²) in [4.78, 5) is 12.0. The number of carbonyl (C=O) groups is 1. The number of amides is 1. The van der Waals surface area contributed by atoms with Crippen molar-refractivity contribution in [3.63, 3.8) is 0 Å². The zero-order valence-electron chi connectivity index (χ0n) is 12.1. The van der Waals surface area contributed by atoms with E-state index in [1.807, 2.05) is 37.3 Å².